The van der Waals surface area contributed by atoms with Crippen LogP contribution in [-0.2, 0) is 13.0 Å². The first-order valence-electron chi connectivity index (χ1n) is 6.56. The minimum atomic E-state index is 0. The molecule has 0 aliphatic rings. The maximum absolute atomic E-state index is 5.27. The van der Waals surface area contributed by atoms with Crippen LogP contribution in [0.3, 0.4) is 0 Å². The molecule has 0 amide bonds. The predicted octanol–water partition coefficient (Wildman–Crippen LogP) is 4.02. The van der Waals surface area contributed by atoms with Crippen LogP contribution in [0.1, 0.15) is 17.6 Å². The van der Waals surface area contributed by atoms with Crippen molar-refractivity contribution in [3.63, 3.8) is 0 Å². The Morgan fingerprint density at radius 2 is 2.19 bits per heavy atom. The Hall–Kier alpha value is -0.540. The summed E-state index contributed by atoms with van der Waals surface area (Å²) < 4.78 is 6.44. The van der Waals surface area contributed by atoms with Crippen molar-refractivity contribution in [3.05, 3.63) is 45.0 Å². The lowest BCUT2D eigenvalue weighted by atomic mass is 10.3. The zero-order valence-electron chi connectivity index (χ0n) is 11.8. The molecule has 2 aromatic heterocycles. The van der Waals surface area contributed by atoms with E-state index in [1.54, 1.807) is 17.6 Å². The van der Waals surface area contributed by atoms with E-state index in [2.05, 4.69) is 50.6 Å². The standard InChI is InChI=1S/C14H18BrN3OS.HI/c1-2-16-14(18-10-11-4-3-9-19-11)17-8-7-12-5-6-13(15)20-12;/h3-6,9H,2,7-8,10H2,1H3,(H2,16,17,18);1H. The van der Waals surface area contributed by atoms with Gasteiger partial charge in [-0.3, -0.25) is 0 Å². The fourth-order valence-corrected chi connectivity index (χ4v) is 3.17. The highest BCUT2D eigenvalue weighted by atomic mass is 127. The number of furan rings is 1. The van der Waals surface area contributed by atoms with Gasteiger partial charge in [0.15, 0.2) is 5.96 Å². The van der Waals surface area contributed by atoms with E-state index in [1.807, 2.05) is 12.1 Å². The SMILES string of the molecule is CCNC(=NCc1ccco1)NCCc1ccc(Br)s1.I. The minimum Gasteiger partial charge on any atom is -0.467 e. The fraction of sp³-hybridized carbons (Fsp3) is 0.357. The fourth-order valence-electron chi connectivity index (χ4n) is 1.69. The van der Waals surface area contributed by atoms with Gasteiger partial charge in [-0.25, -0.2) is 4.99 Å². The Balaban J connectivity index is 0.00000220. The Morgan fingerprint density at radius 3 is 2.81 bits per heavy atom. The highest BCUT2D eigenvalue weighted by molar-refractivity contribution is 14.0. The van der Waals surface area contributed by atoms with Crippen LogP contribution in [0.25, 0.3) is 0 Å². The van der Waals surface area contributed by atoms with Crippen molar-refractivity contribution in [2.24, 2.45) is 4.99 Å². The van der Waals surface area contributed by atoms with Gasteiger partial charge >= 0.3 is 0 Å². The van der Waals surface area contributed by atoms with Crippen molar-refractivity contribution >= 4 is 57.2 Å². The second-order valence-corrected chi connectivity index (χ2v) is 6.70. The molecule has 0 aliphatic carbocycles. The van der Waals surface area contributed by atoms with Crippen LogP contribution < -0.4 is 10.6 Å². The second-order valence-electron chi connectivity index (χ2n) is 4.16. The molecule has 2 N–H and O–H groups in total. The molecule has 0 radical (unpaired) electrons. The topological polar surface area (TPSA) is 49.6 Å². The number of nitrogens with one attached hydrogen (secondary N) is 2. The summed E-state index contributed by atoms with van der Waals surface area (Å²) in [7, 11) is 0. The number of halogens is 2. The van der Waals surface area contributed by atoms with Crippen LogP contribution in [0.2, 0.25) is 0 Å². The maximum atomic E-state index is 5.27. The highest BCUT2D eigenvalue weighted by Gasteiger charge is 2.01. The van der Waals surface area contributed by atoms with E-state index in [9.17, 15) is 0 Å². The second kappa shape index (κ2) is 10.2. The van der Waals surface area contributed by atoms with Crippen molar-refractivity contribution in [2.75, 3.05) is 13.1 Å². The van der Waals surface area contributed by atoms with E-state index >= 15 is 0 Å². The average Bonchev–Trinajstić information content (AvgIpc) is 3.08. The third-order valence-electron chi connectivity index (χ3n) is 2.61. The van der Waals surface area contributed by atoms with Crippen LogP contribution in [0, 0.1) is 0 Å². The molecule has 2 heterocycles. The number of hydrogen-bond acceptors (Lipinski definition) is 3. The first-order valence-corrected chi connectivity index (χ1v) is 8.17. The van der Waals surface area contributed by atoms with Gasteiger partial charge in [-0.05, 0) is 53.5 Å². The van der Waals surface area contributed by atoms with Crippen molar-refractivity contribution in [2.45, 2.75) is 19.9 Å². The molecule has 2 aromatic rings. The van der Waals surface area contributed by atoms with Gasteiger partial charge in [-0.2, -0.15) is 0 Å². The third-order valence-corrected chi connectivity index (χ3v) is 4.29. The molecule has 21 heavy (non-hydrogen) atoms. The number of guanidine groups is 1. The van der Waals surface area contributed by atoms with E-state index in [4.69, 9.17) is 4.42 Å². The molecule has 0 spiro atoms. The number of hydrogen-bond donors (Lipinski definition) is 2. The van der Waals surface area contributed by atoms with Gasteiger partial charge in [0, 0.05) is 18.0 Å². The van der Waals surface area contributed by atoms with Crippen molar-refractivity contribution in [3.8, 4) is 0 Å². The van der Waals surface area contributed by atoms with E-state index in [0.29, 0.717) is 6.54 Å². The van der Waals surface area contributed by atoms with Gasteiger partial charge in [0.25, 0.3) is 0 Å². The van der Waals surface area contributed by atoms with Gasteiger partial charge in [0.2, 0.25) is 0 Å². The van der Waals surface area contributed by atoms with Crippen molar-refractivity contribution in [1.29, 1.82) is 0 Å². The molecule has 0 fully saturated rings. The Morgan fingerprint density at radius 1 is 1.33 bits per heavy atom. The average molecular weight is 484 g/mol. The molecule has 0 saturated heterocycles. The van der Waals surface area contributed by atoms with Gasteiger partial charge < -0.3 is 15.1 Å². The number of rotatable bonds is 6. The Bertz CT molecular complexity index is 542. The van der Waals surface area contributed by atoms with Crippen LogP contribution in [0.5, 0.6) is 0 Å². The predicted molar refractivity (Wildman–Crippen MR) is 103 cm³/mol. The Kier molecular flexibility index (Phi) is 9.02. The molecule has 0 atom stereocenters. The van der Waals surface area contributed by atoms with Gasteiger partial charge in [0.05, 0.1) is 10.0 Å². The molecular formula is C14H19BrIN3OS. The van der Waals surface area contributed by atoms with Gasteiger partial charge in [-0.1, -0.05) is 0 Å². The maximum Gasteiger partial charge on any atom is 0.191 e. The molecule has 0 aliphatic heterocycles. The summed E-state index contributed by atoms with van der Waals surface area (Å²) >= 11 is 5.24. The number of aliphatic imine (C=N–C) groups is 1. The molecule has 0 aromatic carbocycles. The molecule has 116 valence electrons. The first-order chi connectivity index (χ1) is 9.78. The lowest BCUT2D eigenvalue weighted by Crippen LogP contribution is -2.38. The van der Waals surface area contributed by atoms with E-state index in [-0.39, 0.29) is 24.0 Å². The van der Waals surface area contributed by atoms with Crippen molar-refractivity contribution < 1.29 is 4.42 Å². The van der Waals surface area contributed by atoms with Crippen LogP contribution >= 0.6 is 51.2 Å². The van der Waals surface area contributed by atoms with E-state index in [0.717, 1.165) is 31.2 Å². The smallest absolute Gasteiger partial charge is 0.191 e. The zero-order valence-corrected chi connectivity index (χ0v) is 16.5. The molecule has 0 bridgehead atoms. The van der Waals surface area contributed by atoms with Crippen LogP contribution in [-0.4, -0.2) is 19.0 Å². The summed E-state index contributed by atoms with van der Waals surface area (Å²) in [6, 6.07) is 8.02. The largest absolute Gasteiger partial charge is 0.467 e. The highest BCUT2D eigenvalue weighted by Crippen LogP contribution is 2.21. The summed E-state index contributed by atoms with van der Waals surface area (Å²) in [6.45, 7) is 4.30. The quantitative estimate of drug-likeness (QED) is 0.370. The van der Waals surface area contributed by atoms with Crippen molar-refractivity contribution in [1.82, 2.24) is 10.6 Å². The lowest BCUT2D eigenvalue weighted by Gasteiger charge is -2.10. The Labute approximate surface area is 154 Å². The van der Waals surface area contributed by atoms with Gasteiger partial charge in [-0.15, -0.1) is 35.3 Å². The molecule has 0 unspecified atom stereocenters. The third kappa shape index (κ3) is 6.84. The molecule has 2 rings (SSSR count). The monoisotopic (exact) mass is 483 g/mol. The summed E-state index contributed by atoms with van der Waals surface area (Å²) in [4.78, 5) is 5.84. The summed E-state index contributed by atoms with van der Waals surface area (Å²) in [5, 5.41) is 6.56. The summed E-state index contributed by atoms with van der Waals surface area (Å²) in [6.07, 6.45) is 2.65. The normalized spacial score (nSPS) is 11.0. The number of nitrogens with zero attached hydrogens (tertiary/aromatic N) is 1. The lowest BCUT2D eigenvalue weighted by molar-refractivity contribution is 0.512. The number of thiophene rings is 1. The minimum absolute atomic E-state index is 0. The molecule has 0 saturated carbocycles. The summed E-state index contributed by atoms with van der Waals surface area (Å²) in [5.74, 6) is 1.68. The molecular weight excluding hydrogens is 465 g/mol. The zero-order chi connectivity index (χ0) is 14.2. The molecule has 4 nitrogen and oxygen atoms in total. The molecule has 7 heteroatoms. The van der Waals surface area contributed by atoms with E-state index < -0.39 is 0 Å². The van der Waals surface area contributed by atoms with Crippen LogP contribution in [0.4, 0.5) is 0 Å². The first kappa shape index (κ1) is 18.5. The van der Waals surface area contributed by atoms with E-state index in [1.165, 1.54) is 8.66 Å². The van der Waals surface area contributed by atoms with Gasteiger partial charge in [0.1, 0.15) is 12.3 Å². The van der Waals surface area contributed by atoms with Crippen LogP contribution in [0.15, 0.2) is 43.7 Å². The summed E-state index contributed by atoms with van der Waals surface area (Å²) in [5.41, 5.74) is 0.